The summed E-state index contributed by atoms with van der Waals surface area (Å²) in [6.07, 6.45) is 0. The van der Waals surface area contributed by atoms with Crippen molar-refractivity contribution in [2.75, 3.05) is 6.61 Å². The topological polar surface area (TPSA) is 58.6 Å². The quantitative estimate of drug-likeness (QED) is 0.628. The van der Waals surface area contributed by atoms with Crippen LogP contribution in [0.25, 0.3) is 0 Å². The van der Waals surface area contributed by atoms with E-state index in [0.29, 0.717) is 12.3 Å². The highest BCUT2D eigenvalue weighted by molar-refractivity contribution is 9.10. The van der Waals surface area contributed by atoms with E-state index in [1.54, 1.807) is 11.8 Å². The molecule has 1 N–H and O–H groups in total. The highest BCUT2D eigenvalue weighted by atomic mass is 79.9. The number of amides is 2. The normalized spacial score (nSPS) is 12.2. The molecule has 5 nitrogen and oxygen atoms in total. The molecule has 2 amide bonds. The van der Waals surface area contributed by atoms with Crippen LogP contribution in [0.2, 0.25) is 0 Å². The molecule has 2 aromatic rings. The maximum Gasteiger partial charge on any atom is 0.261 e. The van der Waals surface area contributed by atoms with E-state index in [-0.39, 0.29) is 24.0 Å². The average Bonchev–Trinajstić information content (AvgIpc) is 2.66. The van der Waals surface area contributed by atoms with Gasteiger partial charge in [0.15, 0.2) is 6.61 Å². The van der Waals surface area contributed by atoms with Crippen LogP contribution in [0.4, 0.5) is 0 Å². The summed E-state index contributed by atoms with van der Waals surface area (Å²) in [6.45, 7) is 11.7. The van der Waals surface area contributed by atoms with E-state index in [1.165, 1.54) is 0 Å². The lowest BCUT2D eigenvalue weighted by molar-refractivity contribution is -0.142. The molecular formula is C24H31BrN2O3. The van der Waals surface area contributed by atoms with Gasteiger partial charge in [-0.05, 0) is 76.4 Å². The van der Waals surface area contributed by atoms with Gasteiger partial charge in [0, 0.05) is 16.6 Å². The number of rotatable bonds is 7. The molecule has 0 bridgehead atoms. The molecule has 2 aromatic carbocycles. The molecule has 0 saturated carbocycles. The van der Waals surface area contributed by atoms with Crippen molar-refractivity contribution < 1.29 is 14.3 Å². The summed E-state index contributed by atoms with van der Waals surface area (Å²) in [4.78, 5) is 27.5. The van der Waals surface area contributed by atoms with E-state index in [9.17, 15) is 9.59 Å². The lowest BCUT2D eigenvalue weighted by atomic mass is 10.1. The number of carbonyl (C=O) groups is 2. The second-order valence-electron chi connectivity index (χ2n) is 8.56. The number of benzene rings is 2. The minimum absolute atomic E-state index is 0.139. The molecule has 0 aliphatic rings. The second kappa shape index (κ2) is 10.1. The minimum atomic E-state index is -0.633. The summed E-state index contributed by atoms with van der Waals surface area (Å²) in [5.74, 6) is 0.186. The Hall–Kier alpha value is -2.34. The van der Waals surface area contributed by atoms with Gasteiger partial charge < -0.3 is 15.0 Å². The number of aryl methyl sites for hydroxylation is 2. The first kappa shape index (κ1) is 23.9. The Bertz CT molecular complexity index is 906. The summed E-state index contributed by atoms with van der Waals surface area (Å²) in [7, 11) is 0. The van der Waals surface area contributed by atoms with Gasteiger partial charge in [-0.2, -0.15) is 0 Å². The predicted molar refractivity (Wildman–Crippen MR) is 123 cm³/mol. The molecule has 30 heavy (non-hydrogen) atoms. The van der Waals surface area contributed by atoms with Gasteiger partial charge in [0.05, 0.1) is 0 Å². The third kappa shape index (κ3) is 6.87. The smallest absolute Gasteiger partial charge is 0.261 e. The van der Waals surface area contributed by atoms with E-state index in [4.69, 9.17) is 4.74 Å². The first-order valence-electron chi connectivity index (χ1n) is 10.0. The van der Waals surface area contributed by atoms with Gasteiger partial charge in [-0.3, -0.25) is 9.59 Å². The maximum absolute atomic E-state index is 13.1. The number of ether oxygens (including phenoxy) is 1. The molecule has 0 fully saturated rings. The Kier molecular flexibility index (Phi) is 8.07. The van der Waals surface area contributed by atoms with E-state index in [2.05, 4.69) is 21.2 Å². The molecule has 1 atom stereocenters. The van der Waals surface area contributed by atoms with Crippen LogP contribution in [-0.2, 0) is 16.1 Å². The van der Waals surface area contributed by atoms with Crippen LogP contribution in [0.5, 0.6) is 5.75 Å². The Labute approximate surface area is 187 Å². The number of carbonyl (C=O) groups excluding carboxylic acids is 2. The molecule has 0 radical (unpaired) electrons. The van der Waals surface area contributed by atoms with Gasteiger partial charge >= 0.3 is 0 Å². The zero-order chi connectivity index (χ0) is 22.5. The molecule has 0 aromatic heterocycles. The summed E-state index contributed by atoms with van der Waals surface area (Å²) < 4.78 is 6.72. The first-order valence-corrected chi connectivity index (χ1v) is 10.8. The highest BCUT2D eigenvalue weighted by Crippen LogP contribution is 2.22. The summed E-state index contributed by atoms with van der Waals surface area (Å²) in [5, 5.41) is 2.96. The third-order valence-electron chi connectivity index (χ3n) is 4.76. The number of hydrogen-bond donors (Lipinski definition) is 1. The van der Waals surface area contributed by atoms with Gasteiger partial charge in [0.1, 0.15) is 11.8 Å². The van der Waals surface area contributed by atoms with Crippen LogP contribution >= 0.6 is 15.9 Å². The van der Waals surface area contributed by atoms with Gasteiger partial charge in [-0.15, -0.1) is 0 Å². The highest BCUT2D eigenvalue weighted by Gasteiger charge is 2.29. The Morgan fingerprint density at radius 2 is 1.77 bits per heavy atom. The first-order chi connectivity index (χ1) is 14.0. The molecular weight excluding hydrogens is 444 g/mol. The molecule has 6 heteroatoms. The van der Waals surface area contributed by atoms with E-state index < -0.39 is 6.04 Å². The lowest BCUT2D eigenvalue weighted by Gasteiger charge is -2.31. The maximum atomic E-state index is 13.1. The summed E-state index contributed by atoms with van der Waals surface area (Å²) >= 11 is 3.46. The molecule has 0 aliphatic carbocycles. The zero-order valence-corrected chi connectivity index (χ0v) is 20.2. The predicted octanol–water partition coefficient (Wildman–Crippen LogP) is 4.78. The molecule has 162 valence electrons. The monoisotopic (exact) mass is 474 g/mol. The van der Waals surface area contributed by atoms with Gasteiger partial charge in [-0.25, -0.2) is 0 Å². The Morgan fingerprint density at radius 3 is 2.37 bits per heavy atom. The van der Waals surface area contributed by atoms with Crippen LogP contribution in [0.3, 0.4) is 0 Å². The molecule has 0 aliphatic heterocycles. The van der Waals surface area contributed by atoms with Crippen LogP contribution in [-0.4, -0.2) is 34.9 Å². The van der Waals surface area contributed by atoms with Crippen molar-refractivity contribution in [1.29, 1.82) is 0 Å². The van der Waals surface area contributed by atoms with Crippen molar-refractivity contribution in [2.45, 2.75) is 59.7 Å². The van der Waals surface area contributed by atoms with Crippen LogP contribution in [0, 0.1) is 13.8 Å². The lowest BCUT2D eigenvalue weighted by Crippen LogP contribution is -2.53. The molecule has 0 heterocycles. The molecule has 0 saturated heterocycles. The number of hydrogen-bond acceptors (Lipinski definition) is 3. The molecule has 1 unspecified atom stereocenters. The average molecular weight is 475 g/mol. The molecule has 2 rings (SSSR count). The fourth-order valence-electron chi connectivity index (χ4n) is 2.96. The van der Waals surface area contributed by atoms with Crippen molar-refractivity contribution in [3.63, 3.8) is 0 Å². The van der Waals surface area contributed by atoms with Crippen LogP contribution in [0.15, 0.2) is 46.9 Å². The zero-order valence-electron chi connectivity index (χ0n) is 18.6. The minimum Gasteiger partial charge on any atom is -0.484 e. The van der Waals surface area contributed by atoms with Crippen molar-refractivity contribution in [3.8, 4) is 5.75 Å². The fraction of sp³-hybridized carbons (Fsp3) is 0.417. The second-order valence-corrected chi connectivity index (χ2v) is 9.42. The van der Waals surface area contributed by atoms with Gasteiger partial charge in [-0.1, -0.05) is 40.2 Å². The van der Waals surface area contributed by atoms with Crippen molar-refractivity contribution in [1.82, 2.24) is 10.2 Å². The third-order valence-corrected chi connectivity index (χ3v) is 5.65. The van der Waals surface area contributed by atoms with Crippen molar-refractivity contribution in [3.05, 3.63) is 63.6 Å². The van der Waals surface area contributed by atoms with Gasteiger partial charge in [0.2, 0.25) is 5.91 Å². The standard InChI is InChI=1S/C24H31BrN2O3/c1-16-9-7-8-10-19(16)14-27(18(3)23(29)26-24(4,5)6)22(28)15-30-20-11-12-21(25)17(2)13-20/h7-13,18H,14-15H2,1-6H3,(H,26,29). The fourth-order valence-corrected chi connectivity index (χ4v) is 3.21. The van der Waals surface area contributed by atoms with Gasteiger partial charge in [0.25, 0.3) is 5.91 Å². The van der Waals surface area contributed by atoms with E-state index in [1.807, 2.05) is 77.1 Å². The van der Waals surface area contributed by atoms with Crippen molar-refractivity contribution in [2.24, 2.45) is 0 Å². The largest absolute Gasteiger partial charge is 0.484 e. The summed E-state index contributed by atoms with van der Waals surface area (Å²) in [6, 6.07) is 12.8. The van der Waals surface area contributed by atoms with E-state index in [0.717, 1.165) is 21.2 Å². The Balaban J connectivity index is 2.20. The number of nitrogens with zero attached hydrogens (tertiary/aromatic N) is 1. The number of halogens is 1. The van der Waals surface area contributed by atoms with Crippen LogP contribution in [0.1, 0.15) is 44.4 Å². The Morgan fingerprint density at radius 1 is 1.10 bits per heavy atom. The van der Waals surface area contributed by atoms with E-state index >= 15 is 0 Å². The van der Waals surface area contributed by atoms with Crippen molar-refractivity contribution >= 4 is 27.7 Å². The van der Waals surface area contributed by atoms with Crippen LogP contribution < -0.4 is 10.1 Å². The summed E-state index contributed by atoms with van der Waals surface area (Å²) in [5.41, 5.74) is 2.72. The number of nitrogens with one attached hydrogen (secondary N) is 1. The SMILES string of the molecule is Cc1cc(OCC(=O)N(Cc2ccccc2C)C(C)C(=O)NC(C)(C)C)ccc1Br. The molecule has 0 spiro atoms.